The Morgan fingerprint density at radius 1 is 1.44 bits per heavy atom. The van der Waals surface area contributed by atoms with E-state index in [4.69, 9.17) is 10.5 Å². The van der Waals surface area contributed by atoms with E-state index < -0.39 is 0 Å². The number of rotatable bonds is 6. The van der Waals surface area contributed by atoms with Crippen LogP contribution in [0, 0.1) is 5.92 Å². The third-order valence-electron chi connectivity index (χ3n) is 2.93. The van der Waals surface area contributed by atoms with E-state index in [2.05, 4.69) is 19.2 Å². The highest BCUT2D eigenvalue weighted by Crippen LogP contribution is 2.13. The van der Waals surface area contributed by atoms with E-state index in [0.29, 0.717) is 23.8 Å². The molecular weight excluding hydrogens is 228 g/mol. The number of ether oxygens (including phenoxy) is 1. The first kappa shape index (κ1) is 14.5. The third-order valence-corrected chi connectivity index (χ3v) is 2.93. The van der Waals surface area contributed by atoms with Gasteiger partial charge in [-0.1, -0.05) is 19.9 Å². The zero-order valence-corrected chi connectivity index (χ0v) is 11.3. The van der Waals surface area contributed by atoms with Gasteiger partial charge in [0.15, 0.2) is 0 Å². The first-order valence-electron chi connectivity index (χ1n) is 6.23. The molecule has 1 aromatic carbocycles. The van der Waals surface area contributed by atoms with Gasteiger partial charge in [-0.25, -0.2) is 0 Å². The van der Waals surface area contributed by atoms with Crippen molar-refractivity contribution < 1.29 is 9.53 Å². The lowest BCUT2D eigenvalue weighted by atomic mass is 10.0. The van der Waals surface area contributed by atoms with Gasteiger partial charge in [-0.2, -0.15) is 0 Å². The average Bonchev–Trinajstić information content (AvgIpc) is 2.38. The Balaban J connectivity index is 2.73. The monoisotopic (exact) mass is 250 g/mol. The summed E-state index contributed by atoms with van der Waals surface area (Å²) in [6, 6.07) is 7.23. The lowest BCUT2D eigenvalue weighted by Crippen LogP contribution is -2.39. The van der Waals surface area contributed by atoms with Crippen molar-refractivity contribution in [2.24, 2.45) is 11.7 Å². The minimum absolute atomic E-state index is 0.0824. The average molecular weight is 250 g/mol. The number of nitrogens with two attached hydrogens (primary N) is 1. The van der Waals surface area contributed by atoms with Crippen LogP contribution in [0.15, 0.2) is 24.3 Å². The number of hydrogen-bond donors (Lipinski definition) is 2. The van der Waals surface area contributed by atoms with Gasteiger partial charge in [0, 0.05) is 11.6 Å². The van der Waals surface area contributed by atoms with Crippen LogP contribution in [0.2, 0.25) is 0 Å². The first-order chi connectivity index (χ1) is 8.58. The van der Waals surface area contributed by atoms with E-state index in [1.807, 2.05) is 6.07 Å². The number of carbonyl (C=O) groups excluding carboxylic acids is 1. The normalized spacial score (nSPS) is 12.3. The molecule has 100 valence electrons. The molecule has 0 aliphatic carbocycles. The van der Waals surface area contributed by atoms with Gasteiger partial charge in [-0.05, 0) is 37.1 Å². The fourth-order valence-corrected chi connectivity index (χ4v) is 1.77. The highest BCUT2D eigenvalue weighted by Gasteiger charge is 2.16. The zero-order chi connectivity index (χ0) is 13.5. The standard InChI is InChI=1S/C14H22N2O2/c1-10(2)13(7-8-15)16-14(17)11-5-4-6-12(9-11)18-3/h4-6,9-10,13H,7-8,15H2,1-3H3,(H,16,17). The molecule has 1 aromatic rings. The van der Waals surface area contributed by atoms with Crippen LogP contribution in [0.5, 0.6) is 5.75 Å². The highest BCUT2D eigenvalue weighted by molar-refractivity contribution is 5.94. The summed E-state index contributed by atoms with van der Waals surface area (Å²) in [6.07, 6.45) is 0.785. The molecule has 4 nitrogen and oxygen atoms in total. The van der Waals surface area contributed by atoms with Crippen LogP contribution >= 0.6 is 0 Å². The van der Waals surface area contributed by atoms with Gasteiger partial charge in [0.1, 0.15) is 5.75 Å². The number of carbonyl (C=O) groups is 1. The fourth-order valence-electron chi connectivity index (χ4n) is 1.77. The van der Waals surface area contributed by atoms with Crippen LogP contribution in [0.4, 0.5) is 0 Å². The molecule has 0 spiro atoms. The van der Waals surface area contributed by atoms with E-state index in [1.165, 1.54) is 0 Å². The van der Waals surface area contributed by atoms with Crippen molar-refractivity contribution >= 4 is 5.91 Å². The summed E-state index contributed by atoms with van der Waals surface area (Å²) in [6.45, 7) is 4.72. The summed E-state index contributed by atoms with van der Waals surface area (Å²) in [5.41, 5.74) is 6.16. The molecule has 1 rings (SSSR count). The Hall–Kier alpha value is -1.55. The van der Waals surface area contributed by atoms with Crippen LogP contribution in [0.3, 0.4) is 0 Å². The Kier molecular flexibility index (Phi) is 5.65. The maximum atomic E-state index is 12.1. The predicted molar refractivity (Wildman–Crippen MR) is 72.8 cm³/mol. The SMILES string of the molecule is COc1cccc(C(=O)NC(CCN)C(C)C)c1. The molecular formula is C14H22N2O2. The number of benzene rings is 1. The van der Waals surface area contributed by atoms with Crippen molar-refractivity contribution in [2.45, 2.75) is 26.3 Å². The molecule has 0 aromatic heterocycles. The summed E-state index contributed by atoms with van der Waals surface area (Å²) in [4.78, 5) is 12.1. The maximum absolute atomic E-state index is 12.1. The molecule has 0 aliphatic heterocycles. The summed E-state index contributed by atoms with van der Waals surface area (Å²) < 4.78 is 5.10. The smallest absolute Gasteiger partial charge is 0.251 e. The second-order valence-electron chi connectivity index (χ2n) is 4.63. The summed E-state index contributed by atoms with van der Waals surface area (Å²) in [7, 11) is 1.59. The van der Waals surface area contributed by atoms with E-state index in [-0.39, 0.29) is 11.9 Å². The summed E-state index contributed by atoms with van der Waals surface area (Å²) >= 11 is 0. The van der Waals surface area contributed by atoms with Gasteiger partial charge >= 0.3 is 0 Å². The Labute approximate surface area is 109 Å². The summed E-state index contributed by atoms with van der Waals surface area (Å²) in [5.74, 6) is 0.965. The summed E-state index contributed by atoms with van der Waals surface area (Å²) in [5, 5.41) is 3.01. The van der Waals surface area contributed by atoms with Crippen LogP contribution in [-0.2, 0) is 0 Å². The number of nitrogens with one attached hydrogen (secondary N) is 1. The molecule has 1 atom stereocenters. The lowest BCUT2D eigenvalue weighted by molar-refractivity contribution is 0.0923. The van der Waals surface area contributed by atoms with Crippen LogP contribution < -0.4 is 15.8 Å². The van der Waals surface area contributed by atoms with Gasteiger partial charge in [-0.3, -0.25) is 4.79 Å². The topological polar surface area (TPSA) is 64.3 Å². The predicted octanol–water partition coefficient (Wildman–Crippen LogP) is 1.80. The van der Waals surface area contributed by atoms with Gasteiger partial charge in [0.2, 0.25) is 0 Å². The second-order valence-corrected chi connectivity index (χ2v) is 4.63. The van der Waals surface area contributed by atoms with E-state index >= 15 is 0 Å². The van der Waals surface area contributed by atoms with Crippen molar-refractivity contribution in [3.05, 3.63) is 29.8 Å². The van der Waals surface area contributed by atoms with E-state index in [1.54, 1.807) is 25.3 Å². The van der Waals surface area contributed by atoms with Gasteiger partial charge in [-0.15, -0.1) is 0 Å². The molecule has 0 aliphatic rings. The molecule has 3 N–H and O–H groups in total. The van der Waals surface area contributed by atoms with Gasteiger partial charge in [0.25, 0.3) is 5.91 Å². The number of methoxy groups -OCH3 is 1. The molecule has 0 fully saturated rings. The van der Waals surface area contributed by atoms with Crippen molar-refractivity contribution in [3.63, 3.8) is 0 Å². The quantitative estimate of drug-likeness (QED) is 0.809. The van der Waals surface area contributed by atoms with Crippen LogP contribution in [0.25, 0.3) is 0 Å². The Morgan fingerprint density at radius 2 is 2.17 bits per heavy atom. The van der Waals surface area contributed by atoms with Crippen LogP contribution in [-0.4, -0.2) is 25.6 Å². The van der Waals surface area contributed by atoms with Gasteiger partial charge < -0.3 is 15.8 Å². The molecule has 0 heterocycles. The van der Waals surface area contributed by atoms with E-state index in [0.717, 1.165) is 6.42 Å². The molecule has 0 saturated heterocycles. The molecule has 4 heteroatoms. The lowest BCUT2D eigenvalue weighted by Gasteiger charge is -2.21. The van der Waals surface area contributed by atoms with Crippen molar-refractivity contribution in [1.29, 1.82) is 0 Å². The van der Waals surface area contributed by atoms with E-state index in [9.17, 15) is 4.79 Å². The van der Waals surface area contributed by atoms with Crippen molar-refractivity contribution in [2.75, 3.05) is 13.7 Å². The van der Waals surface area contributed by atoms with Crippen LogP contribution in [0.1, 0.15) is 30.6 Å². The zero-order valence-electron chi connectivity index (χ0n) is 11.3. The molecule has 0 bridgehead atoms. The first-order valence-corrected chi connectivity index (χ1v) is 6.23. The molecule has 18 heavy (non-hydrogen) atoms. The maximum Gasteiger partial charge on any atom is 0.251 e. The third kappa shape index (κ3) is 4.04. The second kappa shape index (κ2) is 7.01. The number of hydrogen-bond acceptors (Lipinski definition) is 3. The Morgan fingerprint density at radius 3 is 2.72 bits per heavy atom. The molecule has 0 saturated carbocycles. The molecule has 1 unspecified atom stereocenters. The van der Waals surface area contributed by atoms with Crippen molar-refractivity contribution in [1.82, 2.24) is 5.32 Å². The fraction of sp³-hybridized carbons (Fsp3) is 0.500. The number of amides is 1. The van der Waals surface area contributed by atoms with Gasteiger partial charge in [0.05, 0.1) is 7.11 Å². The highest BCUT2D eigenvalue weighted by atomic mass is 16.5. The minimum atomic E-state index is -0.0824. The Bertz CT molecular complexity index is 391. The minimum Gasteiger partial charge on any atom is -0.497 e. The largest absolute Gasteiger partial charge is 0.497 e. The van der Waals surface area contributed by atoms with Crippen molar-refractivity contribution in [3.8, 4) is 5.75 Å². The molecule has 1 amide bonds. The molecule has 0 radical (unpaired) electrons.